The van der Waals surface area contributed by atoms with Crippen LogP contribution in [0.15, 0.2) is 35.5 Å². The van der Waals surface area contributed by atoms with Crippen LogP contribution < -0.4 is 0 Å². The lowest BCUT2D eigenvalue weighted by molar-refractivity contribution is -0.151. The van der Waals surface area contributed by atoms with Gasteiger partial charge >= 0.3 is 5.97 Å². The SMILES string of the molecule is Cc1cc(C)c(C)c(S(=O)(=O)N2CCC(C(=O)OCc3cn4cc(Cl)ccc4n3)CC2)c1C. The van der Waals surface area contributed by atoms with Crippen LogP contribution in [0, 0.1) is 33.6 Å². The molecule has 0 unspecified atom stereocenters. The standard InChI is InChI=1S/C24H28ClN3O4S/c1-15-11-16(2)18(4)23(17(15)3)33(30,31)28-9-7-19(8-10-28)24(29)32-14-21-13-27-12-20(25)5-6-22(27)26-21/h5-6,11-13,19H,7-10,14H2,1-4H3. The molecule has 0 radical (unpaired) electrons. The van der Waals surface area contributed by atoms with Gasteiger partial charge in [0, 0.05) is 25.5 Å². The number of imidazole rings is 1. The first-order valence-corrected chi connectivity index (χ1v) is 12.8. The second kappa shape index (κ2) is 9.08. The fourth-order valence-corrected chi connectivity index (χ4v) is 6.59. The molecule has 0 aliphatic carbocycles. The van der Waals surface area contributed by atoms with Gasteiger partial charge in [0.15, 0.2) is 0 Å². The molecule has 1 saturated heterocycles. The van der Waals surface area contributed by atoms with Crippen molar-refractivity contribution in [2.75, 3.05) is 13.1 Å². The number of aryl methyl sites for hydroxylation is 2. The minimum atomic E-state index is -3.63. The number of benzene rings is 1. The molecule has 0 saturated carbocycles. The van der Waals surface area contributed by atoms with Crippen LogP contribution in [-0.2, 0) is 26.2 Å². The zero-order valence-electron chi connectivity index (χ0n) is 19.3. The van der Waals surface area contributed by atoms with Crippen LogP contribution in [0.2, 0.25) is 5.02 Å². The Labute approximate surface area is 199 Å². The van der Waals surface area contributed by atoms with E-state index < -0.39 is 10.0 Å². The van der Waals surface area contributed by atoms with Gasteiger partial charge in [-0.25, -0.2) is 13.4 Å². The van der Waals surface area contributed by atoms with Crippen LogP contribution in [0.1, 0.15) is 40.8 Å². The number of fused-ring (bicyclic) bond motifs is 1. The first-order chi connectivity index (χ1) is 15.6. The molecule has 1 fully saturated rings. The van der Waals surface area contributed by atoms with Gasteiger partial charge in [-0.15, -0.1) is 0 Å². The number of sulfonamides is 1. The minimum Gasteiger partial charge on any atom is -0.459 e. The van der Waals surface area contributed by atoms with Gasteiger partial charge in [-0.3, -0.25) is 4.79 Å². The maximum atomic E-state index is 13.4. The number of piperidine rings is 1. The molecule has 2 aromatic heterocycles. The number of nitrogens with zero attached hydrogens (tertiary/aromatic N) is 3. The van der Waals surface area contributed by atoms with Gasteiger partial charge in [-0.1, -0.05) is 17.7 Å². The first-order valence-electron chi connectivity index (χ1n) is 10.9. The minimum absolute atomic E-state index is 0.0671. The molecule has 3 heterocycles. The lowest BCUT2D eigenvalue weighted by Crippen LogP contribution is -2.41. The molecular weight excluding hydrogens is 462 g/mol. The number of esters is 1. The van der Waals surface area contributed by atoms with Crippen molar-refractivity contribution in [1.82, 2.24) is 13.7 Å². The summed E-state index contributed by atoms with van der Waals surface area (Å²) in [5.74, 6) is -0.648. The van der Waals surface area contributed by atoms with E-state index >= 15 is 0 Å². The molecule has 176 valence electrons. The summed E-state index contributed by atoms with van der Waals surface area (Å²) in [4.78, 5) is 17.4. The third-order valence-corrected chi connectivity index (χ3v) is 8.91. The smallest absolute Gasteiger partial charge is 0.309 e. The molecule has 7 nitrogen and oxygen atoms in total. The van der Waals surface area contributed by atoms with Crippen LogP contribution in [0.4, 0.5) is 0 Å². The summed E-state index contributed by atoms with van der Waals surface area (Å²) in [5.41, 5.74) is 4.85. The highest BCUT2D eigenvalue weighted by molar-refractivity contribution is 7.89. The number of rotatable bonds is 5. The highest BCUT2D eigenvalue weighted by Gasteiger charge is 2.34. The van der Waals surface area contributed by atoms with Gasteiger partial charge in [-0.05, 0) is 74.9 Å². The van der Waals surface area contributed by atoms with Crippen molar-refractivity contribution in [1.29, 1.82) is 0 Å². The van der Waals surface area contributed by atoms with Crippen LogP contribution in [-0.4, -0.2) is 41.2 Å². The third-order valence-electron chi connectivity index (χ3n) is 6.51. The van der Waals surface area contributed by atoms with Crippen molar-refractivity contribution < 1.29 is 17.9 Å². The van der Waals surface area contributed by atoms with Crippen LogP contribution in [0.5, 0.6) is 0 Å². The van der Waals surface area contributed by atoms with E-state index in [9.17, 15) is 13.2 Å². The van der Waals surface area contributed by atoms with E-state index in [1.165, 1.54) is 4.31 Å². The largest absolute Gasteiger partial charge is 0.459 e. The molecule has 1 aliphatic rings. The number of hydrogen-bond donors (Lipinski definition) is 0. The number of halogens is 1. The number of pyridine rings is 1. The van der Waals surface area contributed by atoms with Crippen molar-refractivity contribution in [3.05, 3.63) is 63.6 Å². The summed E-state index contributed by atoms with van der Waals surface area (Å²) in [6.45, 7) is 8.22. The molecule has 3 aromatic rings. The second-order valence-electron chi connectivity index (χ2n) is 8.72. The summed E-state index contributed by atoms with van der Waals surface area (Å²) < 4.78 is 35.6. The van der Waals surface area contributed by atoms with E-state index in [4.69, 9.17) is 16.3 Å². The van der Waals surface area contributed by atoms with E-state index in [0.717, 1.165) is 27.9 Å². The second-order valence-corrected chi connectivity index (χ2v) is 11.0. The molecule has 1 aromatic carbocycles. The van der Waals surface area contributed by atoms with E-state index in [1.807, 2.05) is 33.8 Å². The highest BCUT2D eigenvalue weighted by Crippen LogP contribution is 2.31. The average Bonchev–Trinajstić information content (AvgIpc) is 3.18. The normalized spacial score (nSPS) is 15.8. The summed E-state index contributed by atoms with van der Waals surface area (Å²) in [6.07, 6.45) is 4.38. The Hall–Kier alpha value is -2.42. The van der Waals surface area contributed by atoms with Crippen LogP contribution in [0.25, 0.3) is 5.65 Å². The van der Waals surface area contributed by atoms with Gasteiger partial charge in [-0.2, -0.15) is 4.31 Å². The maximum Gasteiger partial charge on any atom is 0.309 e. The Balaban J connectivity index is 1.39. The fraction of sp³-hybridized carbons (Fsp3) is 0.417. The maximum absolute atomic E-state index is 13.4. The lowest BCUT2D eigenvalue weighted by Gasteiger charge is -2.31. The van der Waals surface area contributed by atoms with Gasteiger partial charge in [0.1, 0.15) is 12.3 Å². The van der Waals surface area contributed by atoms with Gasteiger partial charge in [0.05, 0.1) is 21.5 Å². The number of carbonyl (C=O) groups is 1. The van der Waals surface area contributed by atoms with Crippen molar-refractivity contribution >= 4 is 33.2 Å². The Morgan fingerprint density at radius 2 is 1.73 bits per heavy atom. The summed E-state index contributed by atoms with van der Waals surface area (Å²) in [7, 11) is -3.63. The predicted octanol–water partition coefficient (Wildman–Crippen LogP) is 4.37. The van der Waals surface area contributed by atoms with E-state index in [0.29, 0.717) is 41.5 Å². The molecule has 0 N–H and O–H groups in total. The average molecular weight is 490 g/mol. The molecule has 0 amide bonds. The van der Waals surface area contributed by atoms with Crippen molar-refractivity contribution in [3.63, 3.8) is 0 Å². The Bertz CT molecular complexity index is 1300. The molecule has 0 bridgehead atoms. The lowest BCUT2D eigenvalue weighted by atomic mass is 9.98. The predicted molar refractivity (Wildman–Crippen MR) is 127 cm³/mol. The van der Waals surface area contributed by atoms with Crippen molar-refractivity contribution in [3.8, 4) is 0 Å². The summed E-state index contributed by atoms with van der Waals surface area (Å²) >= 11 is 5.99. The number of aromatic nitrogens is 2. The first kappa shape index (κ1) is 23.7. The Morgan fingerprint density at radius 3 is 2.36 bits per heavy atom. The van der Waals surface area contributed by atoms with Crippen molar-refractivity contribution in [2.45, 2.75) is 52.0 Å². The summed E-state index contributed by atoms with van der Waals surface area (Å²) in [6, 6.07) is 5.56. The Kier molecular flexibility index (Phi) is 6.53. The van der Waals surface area contributed by atoms with Crippen molar-refractivity contribution in [2.24, 2.45) is 5.92 Å². The number of ether oxygens (including phenoxy) is 1. The molecule has 1 aliphatic heterocycles. The quantitative estimate of drug-likeness (QED) is 0.497. The fourth-order valence-electron chi connectivity index (χ4n) is 4.38. The molecular formula is C24H28ClN3O4S. The third kappa shape index (κ3) is 4.65. The molecule has 33 heavy (non-hydrogen) atoms. The Morgan fingerprint density at radius 1 is 1.09 bits per heavy atom. The van der Waals surface area contributed by atoms with E-state index in [1.54, 1.807) is 28.9 Å². The van der Waals surface area contributed by atoms with E-state index in [-0.39, 0.29) is 18.5 Å². The van der Waals surface area contributed by atoms with Gasteiger partial charge in [0.25, 0.3) is 0 Å². The van der Waals surface area contributed by atoms with E-state index in [2.05, 4.69) is 4.98 Å². The zero-order valence-corrected chi connectivity index (χ0v) is 20.8. The number of hydrogen-bond acceptors (Lipinski definition) is 5. The van der Waals surface area contributed by atoms with Crippen LogP contribution >= 0.6 is 11.6 Å². The summed E-state index contributed by atoms with van der Waals surface area (Å²) in [5, 5.41) is 0.594. The molecule has 0 atom stereocenters. The zero-order chi connectivity index (χ0) is 23.9. The molecule has 4 rings (SSSR count). The monoisotopic (exact) mass is 489 g/mol. The molecule has 9 heteroatoms. The topological polar surface area (TPSA) is 81.0 Å². The van der Waals surface area contributed by atoms with Crippen LogP contribution in [0.3, 0.4) is 0 Å². The molecule has 0 spiro atoms. The van der Waals surface area contributed by atoms with Gasteiger partial charge < -0.3 is 9.14 Å². The highest BCUT2D eigenvalue weighted by atomic mass is 35.5. The van der Waals surface area contributed by atoms with Gasteiger partial charge in [0.2, 0.25) is 10.0 Å². The number of carbonyl (C=O) groups excluding carboxylic acids is 1.